The second kappa shape index (κ2) is 7.54. The molecule has 3 N–H and O–H groups in total. The second-order valence-electron chi connectivity index (χ2n) is 4.44. The van der Waals surface area contributed by atoms with E-state index in [0.29, 0.717) is 17.8 Å². The molecule has 0 saturated heterocycles. The summed E-state index contributed by atoms with van der Waals surface area (Å²) in [6, 6.07) is 9.11. The van der Waals surface area contributed by atoms with Crippen molar-refractivity contribution in [1.29, 1.82) is 0 Å². The number of nitrogens with one attached hydrogen (secondary N) is 1. The van der Waals surface area contributed by atoms with Gasteiger partial charge < -0.3 is 5.73 Å². The zero-order valence-electron chi connectivity index (χ0n) is 12.0. The van der Waals surface area contributed by atoms with Crippen molar-refractivity contribution in [2.24, 2.45) is 0 Å². The van der Waals surface area contributed by atoms with Crippen molar-refractivity contribution >= 4 is 16.7 Å². The van der Waals surface area contributed by atoms with Gasteiger partial charge in [-0.25, -0.2) is 8.78 Å². The van der Waals surface area contributed by atoms with E-state index in [1.807, 2.05) is 32.0 Å². The predicted octanol–water partition coefficient (Wildman–Crippen LogP) is 4.68. The van der Waals surface area contributed by atoms with E-state index in [-0.39, 0.29) is 7.43 Å². The molecular formula is C17H21F2N3. The molecule has 0 saturated carbocycles. The molecule has 0 fully saturated rings. The van der Waals surface area contributed by atoms with Gasteiger partial charge in [0.05, 0.1) is 5.52 Å². The lowest BCUT2D eigenvalue weighted by Crippen LogP contribution is -1.92. The minimum atomic E-state index is -0.570. The van der Waals surface area contributed by atoms with Gasteiger partial charge in [0.15, 0.2) is 5.82 Å². The quantitative estimate of drug-likeness (QED) is 0.722. The molecule has 3 aromatic rings. The van der Waals surface area contributed by atoms with E-state index in [1.165, 1.54) is 12.1 Å². The number of aromatic nitrogens is 2. The number of nitrogens with zero attached hydrogens (tertiary/aromatic N) is 1. The van der Waals surface area contributed by atoms with Gasteiger partial charge in [0.25, 0.3) is 0 Å². The average molecular weight is 305 g/mol. The van der Waals surface area contributed by atoms with Crippen LogP contribution in [0, 0.1) is 11.6 Å². The second-order valence-corrected chi connectivity index (χ2v) is 4.44. The molecule has 0 amide bonds. The number of H-pyrrole nitrogens is 1. The van der Waals surface area contributed by atoms with Crippen LogP contribution in [0.15, 0.2) is 36.4 Å². The molecule has 5 heteroatoms. The number of benzene rings is 2. The zero-order valence-corrected chi connectivity index (χ0v) is 12.0. The molecule has 0 spiro atoms. The highest BCUT2D eigenvalue weighted by Crippen LogP contribution is 2.21. The summed E-state index contributed by atoms with van der Waals surface area (Å²) < 4.78 is 26.2. The van der Waals surface area contributed by atoms with Gasteiger partial charge in [-0.05, 0) is 41.8 Å². The number of nitrogens with two attached hydrogens (primary N) is 1. The minimum Gasteiger partial charge on any atom is -0.382 e. The topological polar surface area (TPSA) is 54.7 Å². The number of hydrogen-bond donors (Lipinski definition) is 2. The standard InChI is InChI=1S/C14H11F2N3.C2H6.CH4/c15-10-4-9(5-11(16)7-10)3-8-1-2-13-12(6-8)14(17)19-18-13;1-2;/h1-2,4-7H,3H2,(H3,17,18,19);1-2H3;1H4. The number of fused-ring (bicyclic) bond motifs is 1. The minimum absolute atomic E-state index is 0. The number of rotatable bonds is 2. The molecule has 0 aliphatic carbocycles. The van der Waals surface area contributed by atoms with Gasteiger partial charge in [0.2, 0.25) is 0 Å². The molecule has 0 radical (unpaired) electrons. The van der Waals surface area contributed by atoms with Gasteiger partial charge in [-0.3, -0.25) is 5.10 Å². The van der Waals surface area contributed by atoms with Crippen LogP contribution in [-0.4, -0.2) is 10.2 Å². The predicted molar refractivity (Wildman–Crippen MR) is 87.7 cm³/mol. The smallest absolute Gasteiger partial charge is 0.153 e. The highest BCUT2D eigenvalue weighted by molar-refractivity contribution is 5.89. The number of hydrogen-bond acceptors (Lipinski definition) is 2. The van der Waals surface area contributed by atoms with Crippen molar-refractivity contribution in [2.75, 3.05) is 5.73 Å². The van der Waals surface area contributed by atoms with Crippen LogP contribution in [0.2, 0.25) is 0 Å². The first-order valence-electron chi connectivity index (χ1n) is 6.79. The molecule has 3 nitrogen and oxygen atoms in total. The van der Waals surface area contributed by atoms with E-state index in [2.05, 4.69) is 10.2 Å². The summed E-state index contributed by atoms with van der Waals surface area (Å²) in [4.78, 5) is 0. The van der Waals surface area contributed by atoms with Crippen LogP contribution in [0.4, 0.5) is 14.6 Å². The van der Waals surface area contributed by atoms with Crippen molar-refractivity contribution in [3.05, 3.63) is 59.2 Å². The largest absolute Gasteiger partial charge is 0.382 e. The highest BCUT2D eigenvalue weighted by Gasteiger charge is 2.05. The van der Waals surface area contributed by atoms with Gasteiger partial charge in [0.1, 0.15) is 11.6 Å². The number of aromatic amines is 1. The molecule has 1 heterocycles. The van der Waals surface area contributed by atoms with Gasteiger partial charge >= 0.3 is 0 Å². The maximum Gasteiger partial charge on any atom is 0.153 e. The lowest BCUT2D eigenvalue weighted by atomic mass is 10.0. The SMILES string of the molecule is C.CC.Nc1n[nH]c2ccc(Cc3cc(F)cc(F)c3)cc12. The molecule has 22 heavy (non-hydrogen) atoms. The first kappa shape index (κ1) is 17.6. The molecule has 0 aliphatic heterocycles. The monoisotopic (exact) mass is 305 g/mol. The van der Waals surface area contributed by atoms with Crippen molar-refractivity contribution in [3.63, 3.8) is 0 Å². The molecule has 2 aromatic carbocycles. The van der Waals surface area contributed by atoms with Crippen LogP contribution in [0.5, 0.6) is 0 Å². The summed E-state index contributed by atoms with van der Waals surface area (Å²) in [7, 11) is 0. The lowest BCUT2D eigenvalue weighted by molar-refractivity contribution is 0.580. The Kier molecular flexibility index (Phi) is 6.04. The molecular weight excluding hydrogens is 284 g/mol. The fourth-order valence-corrected chi connectivity index (χ4v) is 2.14. The molecule has 0 atom stereocenters. The third kappa shape index (κ3) is 3.81. The van der Waals surface area contributed by atoms with E-state index in [4.69, 9.17) is 5.73 Å². The third-order valence-electron chi connectivity index (χ3n) is 2.99. The summed E-state index contributed by atoms with van der Waals surface area (Å²) in [5.74, 6) is -0.722. The molecule has 0 unspecified atom stereocenters. The Balaban J connectivity index is 0.000000775. The van der Waals surface area contributed by atoms with Crippen LogP contribution in [0.3, 0.4) is 0 Å². The van der Waals surface area contributed by atoms with Gasteiger partial charge in [-0.1, -0.05) is 27.3 Å². The van der Waals surface area contributed by atoms with Crippen LogP contribution < -0.4 is 5.73 Å². The average Bonchev–Trinajstić information content (AvgIpc) is 2.81. The first-order chi connectivity index (χ1) is 10.1. The number of halogens is 2. The number of nitrogen functional groups attached to an aromatic ring is 1. The van der Waals surface area contributed by atoms with Crippen LogP contribution in [-0.2, 0) is 6.42 Å². The summed E-state index contributed by atoms with van der Waals surface area (Å²) in [6.07, 6.45) is 0.440. The normalized spacial score (nSPS) is 9.82. The Morgan fingerprint density at radius 3 is 2.27 bits per heavy atom. The van der Waals surface area contributed by atoms with E-state index >= 15 is 0 Å². The van der Waals surface area contributed by atoms with Gasteiger partial charge in [0, 0.05) is 11.5 Å². The fourth-order valence-electron chi connectivity index (χ4n) is 2.14. The Hall–Kier alpha value is -2.43. The van der Waals surface area contributed by atoms with Gasteiger partial charge in [-0.15, -0.1) is 0 Å². The maximum absolute atomic E-state index is 13.1. The van der Waals surface area contributed by atoms with E-state index in [1.54, 1.807) is 0 Å². The highest BCUT2D eigenvalue weighted by atomic mass is 19.1. The van der Waals surface area contributed by atoms with E-state index in [0.717, 1.165) is 22.5 Å². The third-order valence-corrected chi connectivity index (χ3v) is 2.99. The van der Waals surface area contributed by atoms with Gasteiger partial charge in [-0.2, -0.15) is 5.10 Å². The summed E-state index contributed by atoms with van der Waals surface area (Å²) >= 11 is 0. The maximum atomic E-state index is 13.1. The lowest BCUT2D eigenvalue weighted by Gasteiger charge is -2.03. The first-order valence-corrected chi connectivity index (χ1v) is 6.79. The van der Waals surface area contributed by atoms with Crippen LogP contribution >= 0.6 is 0 Å². The molecule has 0 bridgehead atoms. The summed E-state index contributed by atoms with van der Waals surface area (Å²) in [6.45, 7) is 4.00. The summed E-state index contributed by atoms with van der Waals surface area (Å²) in [5, 5.41) is 7.52. The van der Waals surface area contributed by atoms with Crippen LogP contribution in [0.25, 0.3) is 10.9 Å². The molecule has 3 rings (SSSR count). The Labute approximate surface area is 129 Å². The van der Waals surface area contributed by atoms with Crippen molar-refractivity contribution in [3.8, 4) is 0 Å². The Bertz CT molecular complexity index is 730. The van der Waals surface area contributed by atoms with Crippen LogP contribution in [0.1, 0.15) is 32.4 Å². The Morgan fingerprint density at radius 1 is 1.00 bits per heavy atom. The van der Waals surface area contributed by atoms with Crippen molar-refractivity contribution in [1.82, 2.24) is 10.2 Å². The van der Waals surface area contributed by atoms with E-state index < -0.39 is 11.6 Å². The van der Waals surface area contributed by atoms with Crippen molar-refractivity contribution < 1.29 is 8.78 Å². The molecule has 0 aliphatic rings. The van der Waals surface area contributed by atoms with Crippen molar-refractivity contribution in [2.45, 2.75) is 27.7 Å². The Morgan fingerprint density at radius 2 is 1.64 bits per heavy atom. The zero-order chi connectivity index (χ0) is 15.4. The molecule has 1 aromatic heterocycles. The summed E-state index contributed by atoms with van der Waals surface area (Å²) in [5.41, 5.74) is 8.07. The fraction of sp³-hybridized carbons (Fsp3) is 0.235. The molecule has 118 valence electrons. The number of anilines is 1. The van der Waals surface area contributed by atoms with E-state index in [9.17, 15) is 8.78 Å².